The van der Waals surface area contributed by atoms with Crippen molar-refractivity contribution in [3.8, 4) is 11.3 Å². The number of aromatic nitrogens is 2. The SMILES string of the molecule is CC(C)c1ccc(-c2cc(C(N)=O)nc(N3CCCCC3)n2)cc1. The van der Waals surface area contributed by atoms with Crippen LogP contribution < -0.4 is 10.6 Å². The fourth-order valence-electron chi connectivity index (χ4n) is 2.98. The van der Waals surface area contributed by atoms with Gasteiger partial charge < -0.3 is 10.6 Å². The van der Waals surface area contributed by atoms with E-state index in [0.717, 1.165) is 37.2 Å². The molecule has 0 radical (unpaired) electrons. The van der Waals surface area contributed by atoms with Crippen molar-refractivity contribution in [1.29, 1.82) is 0 Å². The summed E-state index contributed by atoms with van der Waals surface area (Å²) in [4.78, 5) is 22.9. The van der Waals surface area contributed by atoms with Crippen LogP contribution in [-0.4, -0.2) is 29.0 Å². The lowest BCUT2D eigenvalue weighted by atomic mass is 10.0. The van der Waals surface area contributed by atoms with Crippen LogP contribution in [0.25, 0.3) is 11.3 Å². The molecule has 5 nitrogen and oxygen atoms in total. The molecule has 1 saturated heterocycles. The van der Waals surface area contributed by atoms with Crippen LogP contribution in [0.15, 0.2) is 30.3 Å². The molecule has 0 aliphatic carbocycles. The Kier molecular flexibility index (Phi) is 4.79. The lowest BCUT2D eigenvalue weighted by Crippen LogP contribution is -2.31. The third-order valence-corrected chi connectivity index (χ3v) is 4.48. The van der Waals surface area contributed by atoms with Crippen LogP contribution in [0, 0.1) is 0 Å². The van der Waals surface area contributed by atoms with Crippen molar-refractivity contribution in [1.82, 2.24) is 9.97 Å². The highest BCUT2D eigenvalue weighted by atomic mass is 16.1. The number of nitrogens with two attached hydrogens (primary N) is 1. The van der Waals surface area contributed by atoms with Crippen molar-refractivity contribution in [3.63, 3.8) is 0 Å². The zero-order valence-corrected chi connectivity index (χ0v) is 14.3. The van der Waals surface area contributed by atoms with Gasteiger partial charge in [0.15, 0.2) is 0 Å². The van der Waals surface area contributed by atoms with Crippen LogP contribution in [0.1, 0.15) is 55.1 Å². The Morgan fingerprint density at radius 3 is 2.33 bits per heavy atom. The number of hydrogen-bond donors (Lipinski definition) is 1. The quantitative estimate of drug-likeness (QED) is 0.936. The Hall–Kier alpha value is -2.43. The van der Waals surface area contributed by atoms with E-state index in [0.29, 0.717) is 11.9 Å². The maximum atomic E-state index is 11.7. The molecule has 24 heavy (non-hydrogen) atoms. The maximum absolute atomic E-state index is 11.7. The van der Waals surface area contributed by atoms with Crippen LogP contribution in [0.5, 0.6) is 0 Å². The van der Waals surface area contributed by atoms with E-state index in [-0.39, 0.29) is 5.69 Å². The zero-order valence-electron chi connectivity index (χ0n) is 14.3. The molecule has 1 aliphatic rings. The van der Waals surface area contributed by atoms with E-state index in [2.05, 4.69) is 35.9 Å². The lowest BCUT2D eigenvalue weighted by Gasteiger charge is -2.27. The second kappa shape index (κ2) is 6.99. The summed E-state index contributed by atoms with van der Waals surface area (Å²) >= 11 is 0. The summed E-state index contributed by atoms with van der Waals surface area (Å²) in [6.07, 6.45) is 3.49. The number of carbonyl (C=O) groups excluding carboxylic acids is 1. The van der Waals surface area contributed by atoms with Gasteiger partial charge in [0.05, 0.1) is 5.69 Å². The molecule has 0 atom stereocenters. The second-order valence-corrected chi connectivity index (χ2v) is 6.63. The molecular formula is C19H24N4O. The highest BCUT2D eigenvalue weighted by Gasteiger charge is 2.17. The predicted octanol–water partition coefficient (Wildman–Crippen LogP) is 3.36. The van der Waals surface area contributed by atoms with Gasteiger partial charge in [0.25, 0.3) is 5.91 Å². The minimum absolute atomic E-state index is 0.272. The summed E-state index contributed by atoms with van der Waals surface area (Å²) in [7, 11) is 0. The first kappa shape index (κ1) is 16.4. The van der Waals surface area contributed by atoms with Crippen molar-refractivity contribution in [2.75, 3.05) is 18.0 Å². The number of hydrogen-bond acceptors (Lipinski definition) is 4. The van der Waals surface area contributed by atoms with Crippen molar-refractivity contribution in [2.24, 2.45) is 5.73 Å². The van der Waals surface area contributed by atoms with Gasteiger partial charge >= 0.3 is 0 Å². The molecule has 0 unspecified atom stereocenters. The van der Waals surface area contributed by atoms with Gasteiger partial charge in [-0.1, -0.05) is 38.1 Å². The van der Waals surface area contributed by atoms with Crippen molar-refractivity contribution in [3.05, 3.63) is 41.6 Å². The summed E-state index contributed by atoms with van der Waals surface area (Å²) < 4.78 is 0. The minimum Gasteiger partial charge on any atom is -0.364 e. The highest BCUT2D eigenvalue weighted by Crippen LogP contribution is 2.24. The van der Waals surface area contributed by atoms with Gasteiger partial charge in [-0.3, -0.25) is 4.79 Å². The van der Waals surface area contributed by atoms with Crippen LogP contribution in [0.2, 0.25) is 0 Å². The number of carbonyl (C=O) groups is 1. The van der Waals surface area contributed by atoms with E-state index in [1.807, 2.05) is 12.1 Å². The molecule has 2 aromatic rings. The number of rotatable bonds is 4. The first-order valence-corrected chi connectivity index (χ1v) is 8.59. The smallest absolute Gasteiger partial charge is 0.267 e. The zero-order chi connectivity index (χ0) is 17.1. The second-order valence-electron chi connectivity index (χ2n) is 6.63. The number of piperidine rings is 1. The minimum atomic E-state index is -0.518. The molecular weight excluding hydrogens is 300 g/mol. The van der Waals surface area contributed by atoms with Gasteiger partial charge in [0.2, 0.25) is 5.95 Å². The third kappa shape index (κ3) is 3.55. The Bertz CT molecular complexity index is 719. The van der Waals surface area contributed by atoms with Crippen molar-refractivity contribution in [2.45, 2.75) is 39.0 Å². The van der Waals surface area contributed by atoms with E-state index in [1.54, 1.807) is 6.07 Å². The molecule has 1 aromatic heterocycles. The molecule has 2 heterocycles. The average Bonchev–Trinajstić information content (AvgIpc) is 2.62. The molecule has 1 fully saturated rings. The third-order valence-electron chi connectivity index (χ3n) is 4.48. The predicted molar refractivity (Wildman–Crippen MR) is 96.1 cm³/mol. The highest BCUT2D eigenvalue weighted by molar-refractivity contribution is 5.92. The molecule has 2 N–H and O–H groups in total. The first-order chi connectivity index (χ1) is 11.5. The standard InChI is InChI=1S/C19H24N4O/c1-13(2)14-6-8-15(9-7-14)16-12-17(18(20)24)22-19(21-16)23-10-4-3-5-11-23/h6-9,12-13H,3-5,10-11H2,1-2H3,(H2,20,24). The summed E-state index contributed by atoms with van der Waals surface area (Å²) in [6.45, 7) is 6.18. The van der Waals surface area contributed by atoms with E-state index in [4.69, 9.17) is 10.7 Å². The number of amides is 1. The van der Waals surface area contributed by atoms with Crippen LogP contribution in [-0.2, 0) is 0 Å². The molecule has 5 heteroatoms. The fraction of sp³-hybridized carbons (Fsp3) is 0.421. The van der Waals surface area contributed by atoms with Crippen molar-refractivity contribution < 1.29 is 4.79 Å². The van der Waals surface area contributed by atoms with Crippen LogP contribution in [0.4, 0.5) is 5.95 Å². The van der Waals surface area contributed by atoms with E-state index in [1.165, 1.54) is 12.0 Å². The molecule has 0 bridgehead atoms. The Balaban J connectivity index is 1.99. The molecule has 126 valence electrons. The number of primary amides is 1. The average molecular weight is 324 g/mol. The summed E-state index contributed by atoms with van der Waals surface area (Å²) in [5.41, 5.74) is 8.74. The van der Waals surface area contributed by atoms with E-state index in [9.17, 15) is 4.79 Å². The molecule has 1 aromatic carbocycles. The van der Waals surface area contributed by atoms with E-state index < -0.39 is 5.91 Å². The van der Waals surface area contributed by atoms with Gasteiger partial charge in [0.1, 0.15) is 5.69 Å². The number of benzene rings is 1. The molecule has 1 aliphatic heterocycles. The van der Waals surface area contributed by atoms with Gasteiger partial charge in [-0.05, 0) is 36.8 Å². The van der Waals surface area contributed by atoms with Crippen LogP contribution >= 0.6 is 0 Å². The fourth-order valence-corrected chi connectivity index (χ4v) is 2.98. The Morgan fingerprint density at radius 1 is 1.08 bits per heavy atom. The van der Waals surface area contributed by atoms with Gasteiger partial charge in [-0.15, -0.1) is 0 Å². The summed E-state index contributed by atoms with van der Waals surface area (Å²) in [6, 6.07) is 9.98. The Morgan fingerprint density at radius 2 is 1.75 bits per heavy atom. The molecule has 0 spiro atoms. The summed E-state index contributed by atoms with van der Waals surface area (Å²) in [5.74, 6) is 0.569. The molecule has 3 rings (SSSR count). The topological polar surface area (TPSA) is 72.1 Å². The summed E-state index contributed by atoms with van der Waals surface area (Å²) in [5, 5.41) is 0. The van der Waals surface area contributed by atoms with Gasteiger partial charge in [-0.2, -0.15) is 0 Å². The van der Waals surface area contributed by atoms with E-state index >= 15 is 0 Å². The monoisotopic (exact) mass is 324 g/mol. The largest absolute Gasteiger partial charge is 0.364 e. The lowest BCUT2D eigenvalue weighted by molar-refractivity contribution is 0.0995. The van der Waals surface area contributed by atoms with Crippen molar-refractivity contribution >= 4 is 11.9 Å². The maximum Gasteiger partial charge on any atom is 0.267 e. The normalized spacial score (nSPS) is 14.9. The van der Waals surface area contributed by atoms with Gasteiger partial charge in [0, 0.05) is 18.7 Å². The first-order valence-electron chi connectivity index (χ1n) is 8.59. The number of nitrogens with zero attached hydrogens (tertiary/aromatic N) is 3. The Labute approximate surface area is 142 Å². The molecule has 0 saturated carbocycles. The van der Waals surface area contributed by atoms with Crippen LogP contribution in [0.3, 0.4) is 0 Å². The number of anilines is 1. The van der Waals surface area contributed by atoms with Gasteiger partial charge in [-0.25, -0.2) is 9.97 Å². The molecule has 1 amide bonds.